The van der Waals surface area contributed by atoms with Crippen molar-refractivity contribution < 1.29 is 13.9 Å². The van der Waals surface area contributed by atoms with Gasteiger partial charge in [0, 0.05) is 25.8 Å². The van der Waals surface area contributed by atoms with Gasteiger partial charge in [0.05, 0.1) is 6.21 Å². The van der Waals surface area contributed by atoms with E-state index in [0.29, 0.717) is 19.6 Å². The van der Waals surface area contributed by atoms with Crippen LogP contribution in [0.25, 0.3) is 0 Å². The normalized spacial score (nSPS) is 21.3. The number of carbonyl (C=O) groups excluding carboxylic acids is 1. The summed E-state index contributed by atoms with van der Waals surface area (Å²) < 4.78 is 18.1. The molecule has 0 aromatic heterocycles. The molecule has 1 unspecified atom stereocenters. The largest absolute Gasteiger partial charge is 0.444 e. The van der Waals surface area contributed by atoms with Gasteiger partial charge in [-0.05, 0) is 39.5 Å². The molecule has 1 rings (SSSR count). The Kier molecular flexibility index (Phi) is 5.98. The van der Waals surface area contributed by atoms with Crippen molar-refractivity contribution in [3.05, 3.63) is 12.0 Å². The fraction of sp³-hybridized carbons (Fsp3) is 0.714. The molecule has 6 heteroatoms. The van der Waals surface area contributed by atoms with E-state index in [1.807, 2.05) is 20.8 Å². The summed E-state index contributed by atoms with van der Waals surface area (Å²) in [6.45, 7) is 7.32. The van der Waals surface area contributed by atoms with Crippen LogP contribution in [0.1, 0.15) is 33.6 Å². The third-order valence-corrected chi connectivity index (χ3v) is 2.91. The summed E-state index contributed by atoms with van der Waals surface area (Å²) in [5.41, 5.74) is 4.53. The number of carbonyl (C=O) groups is 1. The van der Waals surface area contributed by atoms with Gasteiger partial charge < -0.3 is 15.4 Å². The smallest absolute Gasteiger partial charge is 0.410 e. The van der Waals surface area contributed by atoms with Crippen molar-refractivity contribution in [2.45, 2.75) is 39.2 Å². The van der Waals surface area contributed by atoms with Crippen LogP contribution in [0.4, 0.5) is 9.18 Å². The van der Waals surface area contributed by atoms with Crippen molar-refractivity contribution >= 4 is 12.3 Å². The number of hydrogen-bond donors (Lipinski definition) is 1. The van der Waals surface area contributed by atoms with Crippen molar-refractivity contribution in [2.75, 3.05) is 19.6 Å². The molecule has 1 aliphatic heterocycles. The number of nitrogens with zero attached hydrogens (tertiary/aromatic N) is 2. The zero-order chi connectivity index (χ0) is 15.2. The number of amides is 1. The van der Waals surface area contributed by atoms with Crippen LogP contribution in [-0.4, -0.2) is 42.4 Å². The van der Waals surface area contributed by atoms with E-state index in [4.69, 9.17) is 10.5 Å². The van der Waals surface area contributed by atoms with Crippen molar-refractivity contribution in [3.8, 4) is 0 Å². The van der Waals surface area contributed by atoms with Crippen LogP contribution in [0.3, 0.4) is 0 Å². The third-order valence-electron chi connectivity index (χ3n) is 2.91. The van der Waals surface area contributed by atoms with Gasteiger partial charge in [-0.2, -0.15) is 0 Å². The molecule has 1 heterocycles. The van der Waals surface area contributed by atoms with Crippen LogP contribution >= 0.6 is 0 Å². The number of likely N-dealkylation sites (tertiary alicyclic amines) is 1. The van der Waals surface area contributed by atoms with Crippen LogP contribution < -0.4 is 5.73 Å². The molecule has 114 valence electrons. The fourth-order valence-electron chi connectivity index (χ4n) is 2.04. The molecular weight excluding hydrogens is 261 g/mol. The quantitative estimate of drug-likeness (QED) is 0.810. The minimum absolute atomic E-state index is 0.234. The maximum absolute atomic E-state index is 12.8. The number of ether oxygens (including phenoxy) is 1. The van der Waals surface area contributed by atoms with E-state index < -0.39 is 11.4 Å². The van der Waals surface area contributed by atoms with Gasteiger partial charge in [-0.25, -0.2) is 9.18 Å². The molecule has 1 saturated heterocycles. The Labute approximate surface area is 119 Å². The van der Waals surface area contributed by atoms with E-state index >= 15 is 0 Å². The number of rotatable bonds is 3. The van der Waals surface area contributed by atoms with Crippen LogP contribution in [-0.2, 0) is 4.74 Å². The number of hydrogen-bond acceptors (Lipinski definition) is 4. The number of halogens is 1. The van der Waals surface area contributed by atoms with E-state index in [1.165, 1.54) is 0 Å². The van der Waals surface area contributed by atoms with Gasteiger partial charge in [-0.15, -0.1) is 0 Å². The Morgan fingerprint density at radius 2 is 2.25 bits per heavy atom. The lowest BCUT2D eigenvalue weighted by molar-refractivity contribution is 0.0171. The standard InChI is InChI=1S/C14H24FN3O2/c1-14(2,3)20-13(19)18-6-4-5-11(10-18)8-17-9-12(15)7-16/h7,9,11H,4-6,8,10,16H2,1-3H3. The van der Waals surface area contributed by atoms with Crippen LogP contribution in [0.2, 0.25) is 0 Å². The predicted octanol–water partition coefficient (Wildman–Crippen LogP) is 2.47. The monoisotopic (exact) mass is 285 g/mol. The highest BCUT2D eigenvalue weighted by Crippen LogP contribution is 2.19. The molecule has 2 N–H and O–H groups in total. The van der Waals surface area contributed by atoms with Crippen LogP contribution in [0.15, 0.2) is 17.0 Å². The average molecular weight is 285 g/mol. The second-order valence-electron chi connectivity index (χ2n) is 5.98. The summed E-state index contributed by atoms with van der Waals surface area (Å²) >= 11 is 0. The second-order valence-corrected chi connectivity index (χ2v) is 5.98. The lowest BCUT2D eigenvalue weighted by atomic mass is 9.98. The summed E-state index contributed by atoms with van der Waals surface area (Å²) in [5, 5.41) is 0. The molecule has 1 atom stereocenters. The van der Waals surface area contributed by atoms with Crippen molar-refractivity contribution in [3.63, 3.8) is 0 Å². The van der Waals surface area contributed by atoms with Crippen molar-refractivity contribution in [1.82, 2.24) is 4.90 Å². The summed E-state index contributed by atoms with van der Waals surface area (Å²) in [6.07, 6.45) is 3.59. The van der Waals surface area contributed by atoms with Gasteiger partial charge in [-0.1, -0.05) is 0 Å². The SMILES string of the molecule is CC(C)(C)OC(=O)N1CCCC(CN=CC(F)=CN)C1. The highest BCUT2D eigenvalue weighted by molar-refractivity contribution is 5.75. The molecule has 0 aromatic carbocycles. The van der Waals surface area contributed by atoms with Gasteiger partial charge in [0.1, 0.15) is 5.60 Å². The van der Waals surface area contributed by atoms with Crippen LogP contribution in [0, 0.1) is 5.92 Å². The van der Waals surface area contributed by atoms with Crippen LogP contribution in [0.5, 0.6) is 0 Å². The molecule has 0 aliphatic carbocycles. The Balaban J connectivity index is 2.46. The molecule has 0 aromatic rings. The minimum Gasteiger partial charge on any atom is -0.444 e. The molecule has 5 nitrogen and oxygen atoms in total. The van der Waals surface area contributed by atoms with E-state index in [2.05, 4.69) is 4.99 Å². The molecule has 1 amide bonds. The first-order chi connectivity index (χ1) is 9.31. The van der Waals surface area contributed by atoms with Gasteiger partial charge in [-0.3, -0.25) is 4.99 Å². The number of allylic oxidation sites excluding steroid dienone is 1. The number of nitrogens with two attached hydrogens (primary N) is 1. The zero-order valence-electron chi connectivity index (χ0n) is 12.4. The summed E-state index contributed by atoms with van der Waals surface area (Å²) in [4.78, 5) is 17.7. The van der Waals surface area contributed by atoms with Gasteiger partial charge in [0.25, 0.3) is 0 Å². The van der Waals surface area contributed by atoms with E-state index in [-0.39, 0.29) is 12.0 Å². The molecule has 1 aliphatic rings. The third kappa shape index (κ3) is 6.04. The first-order valence-electron chi connectivity index (χ1n) is 6.87. The highest BCUT2D eigenvalue weighted by Gasteiger charge is 2.27. The van der Waals surface area contributed by atoms with E-state index in [9.17, 15) is 9.18 Å². The zero-order valence-corrected chi connectivity index (χ0v) is 12.4. The Bertz CT molecular complexity index is 388. The summed E-state index contributed by atoms with van der Waals surface area (Å²) in [5.74, 6) is -0.317. The maximum atomic E-state index is 12.8. The average Bonchev–Trinajstić information content (AvgIpc) is 2.37. The molecular formula is C14H24FN3O2. The molecule has 20 heavy (non-hydrogen) atoms. The summed E-state index contributed by atoms with van der Waals surface area (Å²) in [7, 11) is 0. The van der Waals surface area contributed by atoms with Gasteiger partial charge in [0.2, 0.25) is 0 Å². The topological polar surface area (TPSA) is 67.9 Å². The number of aliphatic imine (C=N–C) groups is 1. The summed E-state index contributed by atoms with van der Waals surface area (Å²) in [6, 6.07) is 0. The Morgan fingerprint density at radius 3 is 2.85 bits per heavy atom. The van der Waals surface area contributed by atoms with E-state index in [0.717, 1.165) is 25.3 Å². The first kappa shape index (κ1) is 16.5. The second kappa shape index (κ2) is 7.26. The number of piperidine rings is 1. The fourth-order valence-corrected chi connectivity index (χ4v) is 2.04. The predicted molar refractivity (Wildman–Crippen MR) is 77.3 cm³/mol. The lowest BCUT2D eigenvalue weighted by Gasteiger charge is -2.33. The molecule has 0 spiro atoms. The maximum Gasteiger partial charge on any atom is 0.410 e. The van der Waals surface area contributed by atoms with Crippen molar-refractivity contribution in [2.24, 2.45) is 16.6 Å². The van der Waals surface area contributed by atoms with Gasteiger partial charge in [0.15, 0.2) is 5.83 Å². The molecule has 0 bridgehead atoms. The minimum atomic E-state index is -0.551. The molecule has 1 fully saturated rings. The van der Waals surface area contributed by atoms with E-state index in [1.54, 1.807) is 4.90 Å². The van der Waals surface area contributed by atoms with Crippen molar-refractivity contribution in [1.29, 1.82) is 0 Å². The highest BCUT2D eigenvalue weighted by atomic mass is 19.1. The van der Waals surface area contributed by atoms with Gasteiger partial charge >= 0.3 is 6.09 Å². The Morgan fingerprint density at radius 1 is 1.55 bits per heavy atom. The first-order valence-corrected chi connectivity index (χ1v) is 6.87. The lowest BCUT2D eigenvalue weighted by Crippen LogP contribution is -2.43. The Hall–Kier alpha value is -1.59. The molecule has 0 radical (unpaired) electrons. The molecule has 0 saturated carbocycles.